The zero-order valence-electron chi connectivity index (χ0n) is 10.7. The van der Waals surface area contributed by atoms with Gasteiger partial charge in [0.1, 0.15) is 6.61 Å². The van der Waals surface area contributed by atoms with Crippen LogP contribution in [0, 0.1) is 0 Å². The van der Waals surface area contributed by atoms with E-state index in [4.69, 9.17) is 4.74 Å². The molecule has 0 atom stereocenters. The molecule has 3 nitrogen and oxygen atoms in total. The molecule has 18 heavy (non-hydrogen) atoms. The molecule has 0 aliphatic carbocycles. The van der Waals surface area contributed by atoms with E-state index in [0.717, 1.165) is 6.54 Å². The monoisotopic (exact) mass is 262 g/mol. The van der Waals surface area contributed by atoms with Crippen LogP contribution in [-0.4, -0.2) is 11.0 Å². The normalized spacial score (nSPS) is 10.8. The van der Waals surface area contributed by atoms with E-state index in [1.54, 1.807) is 17.5 Å². The van der Waals surface area contributed by atoms with E-state index in [1.807, 2.05) is 18.2 Å². The van der Waals surface area contributed by atoms with Crippen LogP contribution in [0.15, 0.2) is 35.8 Å². The molecule has 0 saturated carbocycles. The fourth-order valence-corrected chi connectivity index (χ4v) is 2.12. The van der Waals surface area contributed by atoms with Gasteiger partial charge in [0.2, 0.25) is 5.88 Å². The van der Waals surface area contributed by atoms with Gasteiger partial charge in [0.05, 0.1) is 0 Å². The van der Waals surface area contributed by atoms with Gasteiger partial charge in [-0.25, -0.2) is 4.98 Å². The van der Waals surface area contributed by atoms with Gasteiger partial charge in [0.25, 0.3) is 0 Å². The number of hydrogen-bond donors (Lipinski definition) is 1. The molecule has 2 aromatic heterocycles. The van der Waals surface area contributed by atoms with Gasteiger partial charge in [0, 0.05) is 29.7 Å². The van der Waals surface area contributed by atoms with E-state index in [1.165, 1.54) is 10.4 Å². The Kier molecular flexibility index (Phi) is 4.73. The maximum Gasteiger partial charge on any atom is 0.213 e. The standard InChI is InChI=1S/C14H18N2OS/c1-11(2)16-9-12-5-6-15-14(8-12)17-10-13-4-3-7-18-13/h3-8,11,16H,9-10H2,1-2H3. The third-order valence-electron chi connectivity index (χ3n) is 2.46. The quantitative estimate of drug-likeness (QED) is 0.868. The first-order valence-electron chi connectivity index (χ1n) is 6.07. The molecule has 0 amide bonds. The van der Waals surface area contributed by atoms with Crippen molar-refractivity contribution in [3.63, 3.8) is 0 Å². The Labute approximate surface area is 112 Å². The van der Waals surface area contributed by atoms with Crippen molar-refractivity contribution in [1.29, 1.82) is 0 Å². The minimum absolute atomic E-state index is 0.480. The molecule has 0 bridgehead atoms. The number of aromatic nitrogens is 1. The van der Waals surface area contributed by atoms with Gasteiger partial charge in [-0.2, -0.15) is 0 Å². The van der Waals surface area contributed by atoms with Crippen LogP contribution in [0.5, 0.6) is 5.88 Å². The largest absolute Gasteiger partial charge is 0.472 e. The SMILES string of the molecule is CC(C)NCc1ccnc(OCc2cccs2)c1. The van der Waals surface area contributed by atoms with Gasteiger partial charge in [0.15, 0.2) is 0 Å². The van der Waals surface area contributed by atoms with E-state index >= 15 is 0 Å². The Hall–Kier alpha value is -1.39. The van der Waals surface area contributed by atoms with Crippen LogP contribution >= 0.6 is 11.3 Å². The van der Waals surface area contributed by atoms with Crippen molar-refractivity contribution in [2.45, 2.75) is 33.0 Å². The summed E-state index contributed by atoms with van der Waals surface area (Å²) in [7, 11) is 0. The zero-order chi connectivity index (χ0) is 12.8. The van der Waals surface area contributed by atoms with Crippen LogP contribution in [0.3, 0.4) is 0 Å². The summed E-state index contributed by atoms with van der Waals surface area (Å²) in [5, 5.41) is 5.43. The number of ether oxygens (including phenoxy) is 1. The van der Waals surface area contributed by atoms with Crippen molar-refractivity contribution < 1.29 is 4.74 Å². The fraction of sp³-hybridized carbons (Fsp3) is 0.357. The number of hydrogen-bond acceptors (Lipinski definition) is 4. The number of thiophene rings is 1. The molecule has 2 rings (SSSR count). The first-order chi connectivity index (χ1) is 8.74. The molecular weight excluding hydrogens is 244 g/mol. The summed E-state index contributed by atoms with van der Waals surface area (Å²) in [5.74, 6) is 0.687. The van der Waals surface area contributed by atoms with E-state index in [0.29, 0.717) is 18.5 Å². The summed E-state index contributed by atoms with van der Waals surface area (Å²) in [4.78, 5) is 5.43. The van der Waals surface area contributed by atoms with Crippen molar-refractivity contribution >= 4 is 11.3 Å². The number of pyridine rings is 1. The highest BCUT2D eigenvalue weighted by molar-refractivity contribution is 7.09. The van der Waals surface area contributed by atoms with Crippen LogP contribution in [0.25, 0.3) is 0 Å². The molecule has 0 saturated heterocycles. The van der Waals surface area contributed by atoms with Crippen molar-refractivity contribution in [2.24, 2.45) is 0 Å². The average Bonchev–Trinajstić information content (AvgIpc) is 2.87. The topological polar surface area (TPSA) is 34.2 Å². The molecular formula is C14H18N2OS. The lowest BCUT2D eigenvalue weighted by Crippen LogP contribution is -2.21. The molecule has 0 aliphatic heterocycles. The third kappa shape index (κ3) is 4.13. The first-order valence-corrected chi connectivity index (χ1v) is 6.95. The lowest BCUT2D eigenvalue weighted by molar-refractivity contribution is 0.297. The van der Waals surface area contributed by atoms with E-state index < -0.39 is 0 Å². The molecule has 0 unspecified atom stereocenters. The predicted molar refractivity (Wildman–Crippen MR) is 74.9 cm³/mol. The summed E-state index contributed by atoms with van der Waals surface area (Å²) >= 11 is 1.70. The van der Waals surface area contributed by atoms with Crippen LogP contribution in [-0.2, 0) is 13.2 Å². The molecule has 2 heterocycles. The lowest BCUT2D eigenvalue weighted by atomic mass is 10.2. The summed E-state index contributed by atoms with van der Waals surface area (Å²) in [5.41, 5.74) is 1.19. The number of nitrogens with one attached hydrogen (secondary N) is 1. The van der Waals surface area contributed by atoms with Crippen LogP contribution in [0.2, 0.25) is 0 Å². The second-order valence-corrected chi connectivity index (χ2v) is 5.44. The highest BCUT2D eigenvalue weighted by Gasteiger charge is 2.01. The van der Waals surface area contributed by atoms with Crippen LogP contribution in [0.4, 0.5) is 0 Å². The number of nitrogens with zero attached hydrogens (tertiary/aromatic N) is 1. The minimum Gasteiger partial charge on any atom is -0.472 e. The predicted octanol–water partition coefficient (Wildman–Crippen LogP) is 3.22. The molecule has 0 spiro atoms. The van der Waals surface area contributed by atoms with Crippen molar-refractivity contribution in [1.82, 2.24) is 10.3 Å². The molecule has 2 aromatic rings. The average molecular weight is 262 g/mol. The fourth-order valence-electron chi connectivity index (χ4n) is 1.50. The van der Waals surface area contributed by atoms with Crippen LogP contribution < -0.4 is 10.1 Å². The van der Waals surface area contributed by atoms with Crippen molar-refractivity contribution in [3.05, 3.63) is 46.3 Å². The molecule has 1 N–H and O–H groups in total. The molecule has 4 heteroatoms. The second kappa shape index (κ2) is 6.52. The Bertz CT molecular complexity index is 468. The molecule has 0 radical (unpaired) electrons. The van der Waals surface area contributed by atoms with Gasteiger partial charge < -0.3 is 10.1 Å². The lowest BCUT2D eigenvalue weighted by Gasteiger charge is -2.09. The molecule has 0 aromatic carbocycles. The van der Waals surface area contributed by atoms with Gasteiger partial charge in [-0.3, -0.25) is 0 Å². The summed E-state index contributed by atoms with van der Waals surface area (Å²) in [6.07, 6.45) is 1.79. The Balaban J connectivity index is 1.90. The van der Waals surface area contributed by atoms with Gasteiger partial charge in [-0.15, -0.1) is 11.3 Å². The van der Waals surface area contributed by atoms with Gasteiger partial charge in [-0.05, 0) is 23.1 Å². The van der Waals surface area contributed by atoms with E-state index in [9.17, 15) is 0 Å². The first kappa shape index (κ1) is 13.1. The molecule has 0 fully saturated rings. The maximum absolute atomic E-state index is 5.67. The minimum atomic E-state index is 0.480. The number of rotatable bonds is 6. The smallest absolute Gasteiger partial charge is 0.213 e. The highest BCUT2D eigenvalue weighted by atomic mass is 32.1. The van der Waals surface area contributed by atoms with Crippen molar-refractivity contribution in [2.75, 3.05) is 0 Å². The Morgan fingerprint density at radius 1 is 1.39 bits per heavy atom. The third-order valence-corrected chi connectivity index (χ3v) is 3.31. The van der Waals surface area contributed by atoms with Crippen molar-refractivity contribution in [3.8, 4) is 5.88 Å². The Morgan fingerprint density at radius 2 is 2.28 bits per heavy atom. The second-order valence-electron chi connectivity index (χ2n) is 4.41. The molecule has 0 aliphatic rings. The summed E-state index contributed by atoms with van der Waals surface area (Å²) in [6, 6.07) is 8.57. The van der Waals surface area contributed by atoms with Crippen LogP contribution in [0.1, 0.15) is 24.3 Å². The zero-order valence-corrected chi connectivity index (χ0v) is 11.5. The summed E-state index contributed by atoms with van der Waals surface area (Å²) < 4.78 is 5.67. The molecule has 96 valence electrons. The van der Waals surface area contributed by atoms with E-state index in [-0.39, 0.29) is 0 Å². The maximum atomic E-state index is 5.67. The van der Waals surface area contributed by atoms with E-state index in [2.05, 4.69) is 35.6 Å². The summed E-state index contributed by atoms with van der Waals surface area (Å²) in [6.45, 7) is 5.70. The van der Waals surface area contributed by atoms with Gasteiger partial charge >= 0.3 is 0 Å². The highest BCUT2D eigenvalue weighted by Crippen LogP contribution is 2.14. The van der Waals surface area contributed by atoms with Gasteiger partial charge in [-0.1, -0.05) is 19.9 Å². The Morgan fingerprint density at radius 3 is 3.00 bits per heavy atom.